The van der Waals surface area contributed by atoms with E-state index in [1.807, 2.05) is 7.05 Å². The van der Waals surface area contributed by atoms with E-state index >= 15 is 0 Å². The van der Waals surface area contributed by atoms with Crippen molar-refractivity contribution in [1.29, 1.82) is 0 Å². The summed E-state index contributed by atoms with van der Waals surface area (Å²) in [7, 11) is 1.84. The summed E-state index contributed by atoms with van der Waals surface area (Å²) in [6.07, 6.45) is 0.0885. The number of hydrogen-bond donors (Lipinski definition) is 3. The molecule has 0 radical (unpaired) electrons. The summed E-state index contributed by atoms with van der Waals surface area (Å²) in [5, 5.41) is 14.5. The van der Waals surface area contributed by atoms with Crippen LogP contribution in [0, 0.1) is 0 Å². The number of carboxylic acid groups (broad SMARTS) is 1. The maximum atomic E-state index is 10.5. The molecule has 3 N–H and O–H groups in total. The average Bonchev–Trinajstić information content (AvgIpc) is 2.06. The van der Waals surface area contributed by atoms with Crippen LogP contribution >= 0.6 is 0 Å². The second-order valence-corrected chi connectivity index (χ2v) is 2.81. The van der Waals surface area contributed by atoms with Gasteiger partial charge in [-0.1, -0.05) is 0 Å². The molecule has 12 heavy (non-hydrogen) atoms. The Bertz CT molecular complexity index is 155. The fourth-order valence-corrected chi connectivity index (χ4v) is 1.14. The lowest BCUT2D eigenvalue weighted by atomic mass is 10.2. The molecule has 1 heterocycles. The molecule has 0 saturated carbocycles. The van der Waals surface area contributed by atoms with Crippen LogP contribution in [0.5, 0.6) is 0 Å². The number of carboxylic acids is 1. The maximum absolute atomic E-state index is 10.5. The number of nitrogens with one attached hydrogen (secondary N) is 2. The van der Waals surface area contributed by atoms with E-state index in [0.717, 1.165) is 6.54 Å². The molecule has 2 atom stereocenters. The van der Waals surface area contributed by atoms with E-state index in [-0.39, 0.29) is 12.7 Å². The number of morpholine rings is 1. The van der Waals surface area contributed by atoms with Gasteiger partial charge in [0.15, 0.2) is 0 Å². The van der Waals surface area contributed by atoms with Gasteiger partial charge in [0, 0.05) is 13.1 Å². The molecule has 0 aromatic heterocycles. The van der Waals surface area contributed by atoms with E-state index in [4.69, 9.17) is 9.84 Å². The molecular weight excluding hydrogens is 160 g/mol. The molecule has 0 bridgehead atoms. The summed E-state index contributed by atoms with van der Waals surface area (Å²) in [5.74, 6) is -0.849. The third-order valence-electron chi connectivity index (χ3n) is 1.82. The molecule has 1 rings (SSSR count). The maximum Gasteiger partial charge on any atom is 0.323 e. The van der Waals surface area contributed by atoms with E-state index in [9.17, 15) is 4.79 Å². The van der Waals surface area contributed by atoms with Crippen molar-refractivity contribution in [1.82, 2.24) is 10.6 Å². The molecule has 1 aliphatic rings. The summed E-state index contributed by atoms with van der Waals surface area (Å²) < 4.78 is 5.29. The van der Waals surface area contributed by atoms with Crippen LogP contribution < -0.4 is 10.6 Å². The number of ether oxygens (including phenoxy) is 1. The normalized spacial score (nSPS) is 30.1. The summed E-state index contributed by atoms with van der Waals surface area (Å²) >= 11 is 0. The van der Waals surface area contributed by atoms with Crippen molar-refractivity contribution in [3.05, 3.63) is 0 Å². The molecule has 1 aliphatic heterocycles. The van der Waals surface area contributed by atoms with Crippen molar-refractivity contribution < 1.29 is 14.6 Å². The van der Waals surface area contributed by atoms with Crippen molar-refractivity contribution in [3.8, 4) is 0 Å². The van der Waals surface area contributed by atoms with E-state index < -0.39 is 12.0 Å². The highest BCUT2D eigenvalue weighted by Gasteiger charge is 2.24. The van der Waals surface area contributed by atoms with Crippen LogP contribution in [0.2, 0.25) is 0 Å². The van der Waals surface area contributed by atoms with Crippen molar-refractivity contribution in [2.45, 2.75) is 12.1 Å². The number of rotatable bonds is 3. The van der Waals surface area contributed by atoms with Gasteiger partial charge < -0.3 is 15.2 Å². The van der Waals surface area contributed by atoms with Crippen LogP contribution in [0.4, 0.5) is 0 Å². The summed E-state index contributed by atoms with van der Waals surface area (Å²) in [6.45, 7) is 1.60. The van der Waals surface area contributed by atoms with Gasteiger partial charge in [-0.25, -0.2) is 0 Å². The Morgan fingerprint density at radius 2 is 2.58 bits per heavy atom. The second-order valence-electron chi connectivity index (χ2n) is 2.81. The first-order valence-electron chi connectivity index (χ1n) is 3.96. The molecule has 5 nitrogen and oxygen atoms in total. The number of likely N-dealkylation sites (N-methyl/N-ethyl adjacent to an activating group) is 1. The molecule has 70 valence electrons. The number of aliphatic carboxylic acids is 1. The van der Waals surface area contributed by atoms with E-state index in [0.29, 0.717) is 6.54 Å². The molecule has 0 spiro atoms. The molecule has 0 aliphatic carbocycles. The zero-order chi connectivity index (χ0) is 8.97. The molecule has 2 unspecified atom stereocenters. The summed E-state index contributed by atoms with van der Waals surface area (Å²) in [5.41, 5.74) is 0. The molecule has 0 aromatic carbocycles. The van der Waals surface area contributed by atoms with Gasteiger partial charge in [-0.05, 0) is 7.05 Å². The molecule has 1 saturated heterocycles. The fourth-order valence-electron chi connectivity index (χ4n) is 1.14. The topological polar surface area (TPSA) is 70.6 Å². The molecule has 1 fully saturated rings. The molecule has 0 amide bonds. The third kappa shape index (κ3) is 2.44. The Morgan fingerprint density at radius 3 is 3.00 bits per heavy atom. The van der Waals surface area contributed by atoms with Gasteiger partial charge in [-0.3, -0.25) is 10.1 Å². The largest absolute Gasteiger partial charge is 0.480 e. The van der Waals surface area contributed by atoms with Gasteiger partial charge in [0.25, 0.3) is 0 Å². The number of carbonyl (C=O) groups is 1. The zero-order valence-corrected chi connectivity index (χ0v) is 7.04. The van der Waals surface area contributed by atoms with Gasteiger partial charge in [0.2, 0.25) is 0 Å². The monoisotopic (exact) mass is 174 g/mol. The first kappa shape index (κ1) is 9.44. The second kappa shape index (κ2) is 4.39. The smallest absolute Gasteiger partial charge is 0.323 e. The van der Waals surface area contributed by atoms with Crippen LogP contribution in [-0.4, -0.2) is 50.0 Å². The Labute approximate surface area is 71.1 Å². The Kier molecular flexibility index (Phi) is 3.46. The standard InChI is InChI=1S/C7H14N2O3/c1-8-2-5-3-9-6(4-12-5)7(10)11/h5-6,8-9H,2-4H2,1H3,(H,10,11). The first-order chi connectivity index (χ1) is 5.74. The van der Waals surface area contributed by atoms with E-state index in [2.05, 4.69) is 10.6 Å². The van der Waals surface area contributed by atoms with E-state index in [1.165, 1.54) is 0 Å². The van der Waals surface area contributed by atoms with Crippen LogP contribution in [0.25, 0.3) is 0 Å². The Balaban J connectivity index is 2.25. The summed E-state index contributed by atoms with van der Waals surface area (Å²) in [6, 6.07) is -0.543. The van der Waals surface area contributed by atoms with Gasteiger partial charge in [-0.15, -0.1) is 0 Å². The predicted molar refractivity (Wildman–Crippen MR) is 43.1 cm³/mol. The predicted octanol–water partition coefficient (Wildman–Crippen LogP) is -1.35. The van der Waals surface area contributed by atoms with Crippen LogP contribution in [0.3, 0.4) is 0 Å². The van der Waals surface area contributed by atoms with Crippen LogP contribution in [0.1, 0.15) is 0 Å². The highest BCUT2D eigenvalue weighted by Crippen LogP contribution is 1.99. The van der Waals surface area contributed by atoms with Gasteiger partial charge in [-0.2, -0.15) is 0 Å². The molecule has 0 aromatic rings. The lowest BCUT2D eigenvalue weighted by Gasteiger charge is -2.27. The Hall–Kier alpha value is -0.650. The molecule has 5 heteroatoms. The molecular formula is C7H14N2O3. The highest BCUT2D eigenvalue weighted by atomic mass is 16.5. The Morgan fingerprint density at radius 1 is 1.83 bits per heavy atom. The quantitative estimate of drug-likeness (QED) is 0.493. The van der Waals surface area contributed by atoms with Crippen LogP contribution in [0.15, 0.2) is 0 Å². The van der Waals surface area contributed by atoms with Crippen molar-refractivity contribution in [2.24, 2.45) is 0 Å². The third-order valence-corrected chi connectivity index (χ3v) is 1.82. The van der Waals surface area contributed by atoms with Crippen molar-refractivity contribution >= 4 is 5.97 Å². The summed E-state index contributed by atoms with van der Waals surface area (Å²) in [4.78, 5) is 10.5. The van der Waals surface area contributed by atoms with E-state index in [1.54, 1.807) is 0 Å². The van der Waals surface area contributed by atoms with Crippen molar-refractivity contribution in [3.63, 3.8) is 0 Å². The fraction of sp³-hybridized carbons (Fsp3) is 0.857. The van der Waals surface area contributed by atoms with Crippen molar-refractivity contribution in [2.75, 3.05) is 26.7 Å². The first-order valence-corrected chi connectivity index (χ1v) is 3.96. The highest BCUT2D eigenvalue weighted by molar-refractivity contribution is 5.73. The van der Waals surface area contributed by atoms with Gasteiger partial charge >= 0.3 is 5.97 Å². The lowest BCUT2D eigenvalue weighted by molar-refractivity contribution is -0.144. The lowest BCUT2D eigenvalue weighted by Crippen LogP contribution is -2.52. The van der Waals surface area contributed by atoms with Crippen LogP contribution in [-0.2, 0) is 9.53 Å². The SMILES string of the molecule is CNCC1CNC(C(=O)O)CO1. The minimum absolute atomic E-state index is 0.0885. The van der Waals surface area contributed by atoms with Gasteiger partial charge in [0.1, 0.15) is 6.04 Å². The average molecular weight is 174 g/mol. The zero-order valence-electron chi connectivity index (χ0n) is 7.04. The minimum Gasteiger partial charge on any atom is -0.480 e. The minimum atomic E-state index is -0.849. The number of hydrogen-bond acceptors (Lipinski definition) is 4. The van der Waals surface area contributed by atoms with Gasteiger partial charge in [0.05, 0.1) is 12.7 Å².